The van der Waals surface area contributed by atoms with Crippen LogP contribution in [0.5, 0.6) is 0 Å². The van der Waals surface area contributed by atoms with Gasteiger partial charge in [0.1, 0.15) is 0 Å². The first-order valence-electron chi connectivity index (χ1n) is 9.45. The molecular weight excluding hydrogens is 456 g/mol. The lowest BCUT2D eigenvalue weighted by Crippen LogP contribution is -2.45. The van der Waals surface area contributed by atoms with Crippen LogP contribution in [0.4, 0.5) is 4.79 Å². The van der Waals surface area contributed by atoms with Gasteiger partial charge in [-0.1, -0.05) is 51.8 Å². The predicted octanol–water partition coefficient (Wildman–Crippen LogP) is 4.02. The van der Waals surface area contributed by atoms with Crippen molar-refractivity contribution in [3.8, 4) is 0 Å². The molecule has 1 atom stereocenters. The van der Waals surface area contributed by atoms with E-state index in [-0.39, 0.29) is 18.0 Å². The molecule has 1 N–H and O–H groups in total. The number of carbonyl (C=O) groups is 2. The third-order valence-electron chi connectivity index (χ3n) is 5.11. The van der Waals surface area contributed by atoms with Gasteiger partial charge in [0.15, 0.2) is 0 Å². The molecule has 29 heavy (non-hydrogen) atoms. The molecule has 2 aliphatic rings. The van der Waals surface area contributed by atoms with Gasteiger partial charge in [0.05, 0.1) is 18.3 Å². The Kier molecular flexibility index (Phi) is 5.87. The van der Waals surface area contributed by atoms with Crippen molar-refractivity contribution in [3.05, 3.63) is 69.2 Å². The van der Waals surface area contributed by atoms with Crippen molar-refractivity contribution in [2.45, 2.75) is 25.4 Å². The molecule has 8 heteroatoms. The van der Waals surface area contributed by atoms with Gasteiger partial charge >= 0.3 is 6.03 Å². The second-order valence-electron chi connectivity index (χ2n) is 7.07. The van der Waals surface area contributed by atoms with Crippen LogP contribution >= 0.6 is 27.5 Å². The highest BCUT2D eigenvalue weighted by molar-refractivity contribution is 9.10. The summed E-state index contributed by atoms with van der Waals surface area (Å²) in [6.07, 6.45) is 1.39. The number of nitrogens with zero attached hydrogens (tertiary/aromatic N) is 3. The summed E-state index contributed by atoms with van der Waals surface area (Å²) in [6.45, 7) is 1.42. The number of urea groups is 1. The monoisotopic (exact) mass is 474 g/mol. The minimum Gasteiger partial charge on any atom is -0.332 e. The van der Waals surface area contributed by atoms with Crippen LogP contribution in [0.25, 0.3) is 0 Å². The van der Waals surface area contributed by atoms with Crippen LogP contribution in [0.3, 0.4) is 0 Å². The maximum atomic E-state index is 12.7. The molecular formula is C21H20BrClN4O2. The van der Waals surface area contributed by atoms with Gasteiger partial charge in [-0.3, -0.25) is 4.79 Å². The van der Waals surface area contributed by atoms with Gasteiger partial charge < -0.3 is 10.2 Å². The number of hydrogen-bond acceptors (Lipinski definition) is 3. The number of nitrogens with one attached hydrogen (secondary N) is 1. The molecule has 0 bridgehead atoms. The molecule has 0 saturated carbocycles. The first kappa shape index (κ1) is 19.9. The topological polar surface area (TPSA) is 65.0 Å². The Hall–Kier alpha value is -2.38. The molecule has 1 saturated heterocycles. The zero-order chi connectivity index (χ0) is 20.4. The van der Waals surface area contributed by atoms with Crippen molar-refractivity contribution < 1.29 is 9.59 Å². The minimum absolute atomic E-state index is 0.114. The van der Waals surface area contributed by atoms with Crippen molar-refractivity contribution in [2.24, 2.45) is 5.10 Å². The number of benzene rings is 2. The first-order chi connectivity index (χ1) is 14.0. The average Bonchev–Trinajstić information content (AvgIpc) is 3.34. The number of rotatable bonds is 4. The molecule has 2 heterocycles. The van der Waals surface area contributed by atoms with Crippen molar-refractivity contribution in [3.63, 3.8) is 0 Å². The van der Waals surface area contributed by atoms with Crippen molar-refractivity contribution in [1.29, 1.82) is 0 Å². The fraction of sp³-hybridized carbons (Fsp3) is 0.286. The normalized spacial score (nSPS) is 18.9. The highest BCUT2D eigenvalue weighted by atomic mass is 79.9. The maximum absolute atomic E-state index is 12.7. The average molecular weight is 476 g/mol. The van der Waals surface area contributed by atoms with E-state index in [9.17, 15) is 9.59 Å². The Morgan fingerprint density at radius 1 is 1.17 bits per heavy atom. The second-order valence-corrected chi connectivity index (χ2v) is 8.42. The molecule has 0 radical (unpaired) electrons. The van der Waals surface area contributed by atoms with E-state index in [1.54, 1.807) is 12.1 Å². The zero-order valence-electron chi connectivity index (χ0n) is 15.6. The highest BCUT2D eigenvalue weighted by Crippen LogP contribution is 2.24. The lowest BCUT2D eigenvalue weighted by Gasteiger charge is -2.25. The molecule has 150 valence electrons. The fourth-order valence-corrected chi connectivity index (χ4v) is 3.99. The van der Waals surface area contributed by atoms with Crippen molar-refractivity contribution >= 4 is 45.2 Å². The van der Waals surface area contributed by atoms with E-state index < -0.39 is 0 Å². The van der Waals surface area contributed by atoms with Crippen LogP contribution < -0.4 is 5.32 Å². The predicted molar refractivity (Wildman–Crippen MR) is 116 cm³/mol. The van der Waals surface area contributed by atoms with Crippen molar-refractivity contribution in [1.82, 2.24) is 15.2 Å². The number of carbonyl (C=O) groups excluding carboxylic acids is 2. The summed E-state index contributed by atoms with van der Waals surface area (Å²) in [5, 5.41) is 9.55. The first-order valence-corrected chi connectivity index (χ1v) is 10.6. The molecule has 3 amide bonds. The molecule has 0 aliphatic carbocycles. The molecule has 1 fully saturated rings. The van der Waals surface area contributed by atoms with E-state index in [1.165, 1.54) is 5.01 Å². The van der Waals surface area contributed by atoms with Gasteiger partial charge in [0.25, 0.3) is 0 Å². The van der Waals surface area contributed by atoms with Crippen LogP contribution in [0.2, 0.25) is 5.02 Å². The zero-order valence-corrected chi connectivity index (χ0v) is 18.0. The Bertz CT molecular complexity index is 946. The van der Waals surface area contributed by atoms with Gasteiger partial charge in [-0.2, -0.15) is 5.10 Å². The van der Waals surface area contributed by atoms with E-state index in [0.29, 0.717) is 31.1 Å². The Morgan fingerprint density at radius 3 is 2.55 bits per heavy atom. The van der Waals surface area contributed by atoms with E-state index in [4.69, 9.17) is 11.6 Å². The van der Waals surface area contributed by atoms with Gasteiger partial charge in [0, 0.05) is 34.6 Å². The van der Waals surface area contributed by atoms with Crippen LogP contribution in [0.15, 0.2) is 58.1 Å². The summed E-state index contributed by atoms with van der Waals surface area (Å²) in [5.74, 6) is 0.114. The molecule has 0 spiro atoms. The quantitative estimate of drug-likeness (QED) is 0.726. The van der Waals surface area contributed by atoms with Crippen LogP contribution in [-0.4, -0.2) is 46.7 Å². The van der Waals surface area contributed by atoms with E-state index in [0.717, 1.165) is 27.7 Å². The number of halogens is 2. The van der Waals surface area contributed by atoms with Crippen LogP contribution in [-0.2, 0) is 11.3 Å². The Balaban J connectivity index is 1.52. The number of hydrogen-bond donors (Lipinski definition) is 1. The Labute approximate surface area is 182 Å². The van der Waals surface area contributed by atoms with E-state index in [1.807, 2.05) is 41.3 Å². The molecule has 6 nitrogen and oxygen atoms in total. The van der Waals surface area contributed by atoms with Crippen molar-refractivity contribution in [2.75, 3.05) is 13.1 Å². The summed E-state index contributed by atoms with van der Waals surface area (Å²) in [5.41, 5.74) is 2.60. The van der Waals surface area contributed by atoms with Gasteiger partial charge in [-0.25, -0.2) is 9.80 Å². The molecule has 0 aromatic heterocycles. The fourth-order valence-electron chi connectivity index (χ4n) is 3.60. The smallest absolute Gasteiger partial charge is 0.332 e. The summed E-state index contributed by atoms with van der Waals surface area (Å²) in [7, 11) is 0. The molecule has 1 unspecified atom stereocenters. The van der Waals surface area contributed by atoms with Gasteiger partial charge in [-0.15, -0.1) is 0 Å². The molecule has 2 aliphatic heterocycles. The lowest BCUT2D eigenvalue weighted by atomic mass is 10.0. The number of likely N-dealkylation sites (tertiary alicyclic amines) is 1. The third kappa shape index (κ3) is 4.46. The highest BCUT2D eigenvalue weighted by Gasteiger charge is 2.38. The van der Waals surface area contributed by atoms with Gasteiger partial charge in [-0.05, 0) is 36.2 Å². The third-order valence-corrected chi connectivity index (χ3v) is 5.89. The van der Waals surface area contributed by atoms with Gasteiger partial charge in [0.2, 0.25) is 5.91 Å². The minimum atomic E-state index is -0.288. The summed E-state index contributed by atoms with van der Waals surface area (Å²) >= 11 is 9.34. The van der Waals surface area contributed by atoms with Crippen LogP contribution in [0, 0.1) is 0 Å². The largest absolute Gasteiger partial charge is 0.338 e. The van der Waals surface area contributed by atoms with E-state index >= 15 is 0 Å². The number of hydrazone groups is 1. The molecule has 4 rings (SSSR count). The SMILES string of the molecule is O=C(NCc1ccc(Cl)cc1)N1CC(N2CCCC2=O)C(c2ccc(Br)cc2)=N1. The maximum Gasteiger partial charge on any atom is 0.338 e. The standard InChI is InChI=1S/C21H20BrClN4O2/c22-16-7-5-15(6-8-16)20-18(26-11-1-2-19(26)28)13-27(25-20)21(29)24-12-14-3-9-17(23)10-4-14/h3-10,18H,1-2,11-13H2,(H,24,29). The summed E-state index contributed by atoms with van der Waals surface area (Å²) < 4.78 is 0.964. The van der Waals surface area contributed by atoms with E-state index in [2.05, 4.69) is 26.3 Å². The molecule has 2 aromatic rings. The molecule has 2 aromatic carbocycles. The van der Waals surface area contributed by atoms with Crippen LogP contribution in [0.1, 0.15) is 24.0 Å². The number of amides is 3. The lowest BCUT2D eigenvalue weighted by molar-refractivity contribution is -0.128. The Morgan fingerprint density at radius 2 is 1.90 bits per heavy atom. The summed E-state index contributed by atoms with van der Waals surface area (Å²) in [6, 6.07) is 14.6. The second kappa shape index (κ2) is 8.55. The summed E-state index contributed by atoms with van der Waals surface area (Å²) in [4.78, 5) is 26.9.